The first kappa shape index (κ1) is 21.7. The molecule has 2 heterocycles. The first-order valence-electron chi connectivity index (χ1n) is 11.1. The van der Waals surface area contributed by atoms with Crippen molar-refractivity contribution in [1.29, 1.82) is 0 Å². The van der Waals surface area contributed by atoms with E-state index in [4.69, 9.17) is 0 Å². The number of hydrogen-bond donors (Lipinski definition) is 2. The summed E-state index contributed by atoms with van der Waals surface area (Å²) in [5.41, 5.74) is 2.69. The first-order chi connectivity index (χ1) is 15.5. The van der Waals surface area contributed by atoms with Crippen LogP contribution in [-0.2, 0) is 11.2 Å². The summed E-state index contributed by atoms with van der Waals surface area (Å²) in [6.07, 6.45) is 3.38. The zero-order valence-corrected chi connectivity index (χ0v) is 18.5. The van der Waals surface area contributed by atoms with Crippen LogP contribution in [0, 0.1) is 5.41 Å². The first-order valence-corrected chi connectivity index (χ1v) is 11.1. The van der Waals surface area contributed by atoms with Gasteiger partial charge in [0.2, 0.25) is 11.7 Å². The fraction of sp³-hybridized carbons (Fsp3) is 0.360. The molecule has 3 aromatic rings. The van der Waals surface area contributed by atoms with E-state index < -0.39 is 5.41 Å². The molecular formula is C25H29N5O2. The molecule has 1 fully saturated rings. The third-order valence-electron chi connectivity index (χ3n) is 5.99. The highest BCUT2D eigenvalue weighted by Crippen LogP contribution is 2.35. The van der Waals surface area contributed by atoms with Gasteiger partial charge in [0.1, 0.15) is 6.33 Å². The highest BCUT2D eigenvalue weighted by Gasteiger charge is 2.44. The standard InChI is InChI=1S/C25H29N5O2/c1-18(2)28-24(32)25(13-6-14-30(16-25)23(31)22-26-17-27-29-22)15-19-9-11-21(12-10-19)20-7-4-3-5-8-20/h3-5,7-12,17-18H,6,13-16H2,1-2H3,(H,28,32)(H,26,27,29). The summed E-state index contributed by atoms with van der Waals surface area (Å²) in [5, 5.41) is 9.52. The van der Waals surface area contributed by atoms with E-state index >= 15 is 0 Å². The Morgan fingerprint density at radius 2 is 1.81 bits per heavy atom. The van der Waals surface area contributed by atoms with E-state index in [9.17, 15) is 9.59 Å². The lowest BCUT2D eigenvalue weighted by atomic mass is 9.74. The molecular weight excluding hydrogens is 402 g/mol. The number of amides is 2. The van der Waals surface area contributed by atoms with Crippen molar-refractivity contribution in [2.45, 2.75) is 39.2 Å². The van der Waals surface area contributed by atoms with Gasteiger partial charge in [0.25, 0.3) is 5.91 Å². The molecule has 0 spiro atoms. The lowest BCUT2D eigenvalue weighted by Gasteiger charge is -2.42. The number of piperidine rings is 1. The van der Waals surface area contributed by atoms with E-state index in [1.807, 2.05) is 32.0 Å². The van der Waals surface area contributed by atoms with Crippen LogP contribution in [-0.4, -0.2) is 51.0 Å². The molecule has 0 aliphatic carbocycles. The Morgan fingerprint density at radius 3 is 2.47 bits per heavy atom. The predicted octanol–water partition coefficient (Wildman–Crippen LogP) is 3.46. The van der Waals surface area contributed by atoms with Gasteiger partial charge < -0.3 is 10.2 Å². The second-order valence-corrected chi connectivity index (χ2v) is 8.81. The average molecular weight is 432 g/mol. The normalized spacial score (nSPS) is 18.5. The van der Waals surface area contributed by atoms with Crippen molar-refractivity contribution < 1.29 is 9.59 Å². The van der Waals surface area contributed by atoms with Gasteiger partial charge in [0.05, 0.1) is 5.41 Å². The van der Waals surface area contributed by atoms with Crippen LogP contribution in [0.4, 0.5) is 0 Å². The molecule has 32 heavy (non-hydrogen) atoms. The van der Waals surface area contributed by atoms with Crippen molar-refractivity contribution in [1.82, 2.24) is 25.4 Å². The van der Waals surface area contributed by atoms with E-state index in [0.717, 1.165) is 29.5 Å². The molecule has 2 N–H and O–H groups in total. The van der Waals surface area contributed by atoms with E-state index in [1.165, 1.54) is 6.33 Å². The van der Waals surface area contributed by atoms with Gasteiger partial charge in [0.15, 0.2) is 0 Å². The molecule has 1 aromatic heterocycles. The van der Waals surface area contributed by atoms with E-state index in [0.29, 0.717) is 19.5 Å². The summed E-state index contributed by atoms with van der Waals surface area (Å²) in [4.78, 5) is 32.0. The minimum atomic E-state index is -0.688. The summed E-state index contributed by atoms with van der Waals surface area (Å²) in [7, 11) is 0. The molecule has 166 valence electrons. The fourth-order valence-electron chi connectivity index (χ4n) is 4.42. The summed E-state index contributed by atoms with van der Waals surface area (Å²) >= 11 is 0. The van der Waals surface area contributed by atoms with Gasteiger partial charge >= 0.3 is 0 Å². The third kappa shape index (κ3) is 4.72. The maximum Gasteiger partial charge on any atom is 0.291 e. The minimum absolute atomic E-state index is 0.00490. The topological polar surface area (TPSA) is 91.0 Å². The van der Waals surface area contributed by atoms with Crippen LogP contribution < -0.4 is 5.32 Å². The Balaban J connectivity index is 1.59. The number of hydrogen-bond acceptors (Lipinski definition) is 4. The fourth-order valence-corrected chi connectivity index (χ4v) is 4.42. The number of benzene rings is 2. The lowest BCUT2D eigenvalue weighted by molar-refractivity contribution is -0.134. The Labute approximate surface area is 188 Å². The predicted molar refractivity (Wildman–Crippen MR) is 123 cm³/mol. The van der Waals surface area contributed by atoms with Gasteiger partial charge in [0, 0.05) is 19.1 Å². The van der Waals surface area contributed by atoms with Gasteiger partial charge in [-0.3, -0.25) is 14.7 Å². The molecule has 1 aliphatic heterocycles. The maximum atomic E-state index is 13.4. The Morgan fingerprint density at radius 1 is 1.09 bits per heavy atom. The summed E-state index contributed by atoms with van der Waals surface area (Å²) in [5.74, 6) is -0.0182. The highest BCUT2D eigenvalue weighted by molar-refractivity contribution is 5.91. The summed E-state index contributed by atoms with van der Waals surface area (Å²) in [6, 6.07) is 18.6. The van der Waals surface area contributed by atoms with Gasteiger partial charge in [-0.15, -0.1) is 0 Å². The van der Waals surface area contributed by atoms with Crippen molar-refractivity contribution >= 4 is 11.8 Å². The third-order valence-corrected chi connectivity index (χ3v) is 5.99. The Bertz CT molecular complexity index is 1050. The van der Waals surface area contributed by atoms with Crippen molar-refractivity contribution in [3.8, 4) is 11.1 Å². The Kier molecular flexibility index (Phi) is 6.35. The molecule has 4 rings (SSSR count). The number of carbonyl (C=O) groups excluding carboxylic acids is 2. The number of aromatic amines is 1. The van der Waals surface area contributed by atoms with Crippen molar-refractivity contribution in [2.24, 2.45) is 5.41 Å². The van der Waals surface area contributed by atoms with Gasteiger partial charge in [-0.2, -0.15) is 5.10 Å². The van der Waals surface area contributed by atoms with Crippen molar-refractivity contribution in [3.63, 3.8) is 0 Å². The zero-order chi connectivity index (χ0) is 22.6. The van der Waals surface area contributed by atoms with Gasteiger partial charge in [-0.25, -0.2) is 4.98 Å². The lowest BCUT2D eigenvalue weighted by Crippen LogP contribution is -2.55. The number of nitrogens with one attached hydrogen (secondary N) is 2. The zero-order valence-electron chi connectivity index (χ0n) is 18.5. The molecule has 1 atom stereocenters. The van der Waals surface area contributed by atoms with Crippen LogP contribution in [0.15, 0.2) is 60.9 Å². The Hall–Kier alpha value is -3.48. The maximum absolute atomic E-state index is 13.4. The molecule has 7 nitrogen and oxygen atoms in total. The molecule has 1 unspecified atom stereocenters. The van der Waals surface area contributed by atoms with Gasteiger partial charge in [-0.1, -0.05) is 54.6 Å². The van der Waals surface area contributed by atoms with Gasteiger partial charge in [-0.05, 0) is 49.8 Å². The number of nitrogens with zero attached hydrogens (tertiary/aromatic N) is 3. The summed E-state index contributed by atoms with van der Waals surface area (Å²) < 4.78 is 0. The SMILES string of the molecule is CC(C)NC(=O)C1(Cc2ccc(-c3ccccc3)cc2)CCCN(C(=O)c2ncn[nH]2)C1. The van der Waals surface area contributed by atoms with E-state index in [1.54, 1.807) is 4.90 Å². The monoisotopic (exact) mass is 431 g/mol. The van der Waals surface area contributed by atoms with Crippen LogP contribution in [0.2, 0.25) is 0 Å². The number of carbonyl (C=O) groups is 2. The molecule has 7 heteroatoms. The van der Waals surface area contributed by atoms with Crippen LogP contribution in [0.3, 0.4) is 0 Å². The van der Waals surface area contributed by atoms with Crippen LogP contribution in [0.25, 0.3) is 11.1 Å². The second kappa shape index (κ2) is 9.34. The van der Waals surface area contributed by atoms with Crippen molar-refractivity contribution in [3.05, 3.63) is 72.3 Å². The van der Waals surface area contributed by atoms with Crippen LogP contribution in [0.5, 0.6) is 0 Å². The van der Waals surface area contributed by atoms with E-state index in [2.05, 4.69) is 56.9 Å². The van der Waals surface area contributed by atoms with Crippen LogP contribution in [0.1, 0.15) is 42.9 Å². The minimum Gasteiger partial charge on any atom is -0.353 e. The van der Waals surface area contributed by atoms with Crippen LogP contribution >= 0.6 is 0 Å². The second-order valence-electron chi connectivity index (χ2n) is 8.81. The average Bonchev–Trinajstić information content (AvgIpc) is 3.34. The van der Waals surface area contributed by atoms with Crippen molar-refractivity contribution in [2.75, 3.05) is 13.1 Å². The quantitative estimate of drug-likeness (QED) is 0.625. The molecule has 2 aromatic carbocycles. The largest absolute Gasteiger partial charge is 0.353 e. The summed E-state index contributed by atoms with van der Waals surface area (Å²) in [6.45, 7) is 4.87. The molecule has 1 saturated heterocycles. The smallest absolute Gasteiger partial charge is 0.291 e. The molecule has 0 bridgehead atoms. The molecule has 0 saturated carbocycles. The molecule has 0 radical (unpaired) electrons. The number of rotatable bonds is 6. The number of H-pyrrole nitrogens is 1. The number of likely N-dealkylation sites (tertiary alicyclic amines) is 1. The highest BCUT2D eigenvalue weighted by atomic mass is 16.2. The number of aromatic nitrogens is 3. The molecule has 2 amide bonds. The molecule has 1 aliphatic rings. The van der Waals surface area contributed by atoms with E-state index in [-0.39, 0.29) is 23.7 Å².